The Morgan fingerprint density at radius 3 is 2.54 bits per heavy atom. The van der Waals surface area contributed by atoms with Gasteiger partial charge in [-0.15, -0.1) is 0 Å². The van der Waals surface area contributed by atoms with Crippen molar-refractivity contribution < 1.29 is 28.1 Å². The normalized spacial score (nSPS) is 11.8. The minimum atomic E-state index is -4.75. The predicted molar refractivity (Wildman–Crippen MR) is 126 cm³/mol. The van der Waals surface area contributed by atoms with E-state index in [9.17, 15) is 26.7 Å². The lowest BCUT2D eigenvalue weighted by Gasteiger charge is -2.18. The van der Waals surface area contributed by atoms with E-state index in [0.717, 1.165) is 18.2 Å². The van der Waals surface area contributed by atoms with Crippen LogP contribution in [0.3, 0.4) is 0 Å². The molecule has 0 aliphatic heterocycles. The van der Waals surface area contributed by atoms with Crippen molar-refractivity contribution in [3.63, 3.8) is 0 Å². The zero-order chi connectivity index (χ0) is 26.5. The number of imidazole rings is 1. The summed E-state index contributed by atoms with van der Waals surface area (Å²) in [6, 6.07) is 4.58. The van der Waals surface area contributed by atoms with Crippen LogP contribution in [-0.4, -0.2) is 24.5 Å². The smallest absolute Gasteiger partial charge is 0.418 e. The molecule has 5 rings (SSSR count). The number of nitrogens with zero attached hydrogens (tertiary/aromatic N) is 4. The summed E-state index contributed by atoms with van der Waals surface area (Å²) in [4.78, 5) is 28.2. The fourth-order valence-corrected chi connectivity index (χ4v) is 4.01. The molecule has 0 amide bonds. The molecule has 0 saturated carbocycles. The van der Waals surface area contributed by atoms with Crippen LogP contribution in [0.15, 0.2) is 60.2 Å². The lowest BCUT2D eigenvalue weighted by molar-refractivity contribution is -0.138. The Morgan fingerprint density at radius 2 is 1.84 bits per heavy atom. The summed E-state index contributed by atoms with van der Waals surface area (Å²) in [5.41, 5.74) is -1.97. The van der Waals surface area contributed by atoms with Gasteiger partial charge in [-0.2, -0.15) is 13.2 Å². The average molecular weight is 515 g/mol. The van der Waals surface area contributed by atoms with Crippen LogP contribution < -0.4 is 10.2 Å². The van der Waals surface area contributed by atoms with Gasteiger partial charge in [0.1, 0.15) is 12.1 Å². The van der Waals surface area contributed by atoms with Crippen LogP contribution >= 0.6 is 0 Å². The number of pyridine rings is 3. The highest BCUT2D eigenvalue weighted by molar-refractivity contribution is 5.88. The first kappa shape index (κ1) is 24.1. The number of ether oxygens (including phenoxy) is 1. The van der Waals surface area contributed by atoms with E-state index in [-0.39, 0.29) is 52.2 Å². The van der Waals surface area contributed by atoms with E-state index in [0.29, 0.717) is 6.20 Å². The third-order valence-electron chi connectivity index (χ3n) is 5.85. The highest BCUT2D eigenvalue weighted by atomic mass is 19.4. The molecule has 37 heavy (non-hydrogen) atoms. The lowest BCUT2D eigenvalue weighted by atomic mass is 10.0. The number of nitrogens with one attached hydrogen (secondary N) is 1. The molecular formula is C25H18F5N5O2. The Labute approximate surface area is 206 Å². The van der Waals surface area contributed by atoms with E-state index in [1.54, 1.807) is 6.20 Å². The summed E-state index contributed by atoms with van der Waals surface area (Å²) in [6.07, 6.45) is 1.81. The van der Waals surface area contributed by atoms with Gasteiger partial charge in [-0.3, -0.25) is 9.36 Å². The van der Waals surface area contributed by atoms with E-state index < -0.39 is 28.8 Å². The maximum Gasteiger partial charge on any atom is 0.418 e. The summed E-state index contributed by atoms with van der Waals surface area (Å²) in [7, 11) is 0. The first-order valence-corrected chi connectivity index (χ1v) is 10.8. The van der Waals surface area contributed by atoms with Crippen LogP contribution in [0.4, 0.5) is 22.0 Å². The molecule has 0 radical (unpaired) electrons. The largest absolute Gasteiger partial charge is 0.438 e. The molecule has 0 aliphatic carbocycles. The summed E-state index contributed by atoms with van der Waals surface area (Å²) >= 11 is 0. The second-order valence-corrected chi connectivity index (χ2v) is 8.14. The highest BCUT2D eigenvalue weighted by Crippen LogP contribution is 2.41. The maximum absolute atomic E-state index is 14.1. The average Bonchev–Trinajstić information content (AvgIpc) is 3.38. The maximum atomic E-state index is 14.1. The van der Waals surface area contributed by atoms with Crippen molar-refractivity contribution in [2.45, 2.75) is 20.0 Å². The van der Waals surface area contributed by atoms with Crippen molar-refractivity contribution >= 4 is 10.9 Å². The monoisotopic (exact) mass is 515 g/mol. The molecule has 12 heteroatoms. The van der Waals surface area contributed by atoms with E-state index in [4.69, 9.17) is 4.74 Å². The van der Waals surface area contributed by atoms with Gasteiger partial charge in [-0.25, -0.2) is 23.7 Å². The molecule has 4 aromatic heterocycles. The number of hydrogen-bond acceptors (Lipinski definition) is 5. The second-order valence-electron chi connectivity index (χ2n) is 8.14. The van der Waals surface area contributed by atoms with Crippen LogP contribution in [0.1, 0.15) is 18.1 Å². The molecule has 1 aromatic carbocycles. The van der Waals surface area contributed by atoms with Crippen LogP contribution in [-0.2, 0) is 6.18 Å². The SMILES string of the molecule is Cc1c(Oc2ncc(C(F)(F)F)c(C)c2-c2cc(=O)c3c(-n4ccnc4)nccc3[nH]2)ccc(F)c1F.[HH]. The van der Waals surface area contributed by atoms with Gasteiger partial charge in [0, 0.05) is 37.8 Å². The van der Waals surface area contributed by atoms with Crippen molar-refractivity contribution in [3.8, 4) is 28.7 Å². The minimum absolute atomic E-state index is 0. The molecule has 0 aliphatic rings. The zero-order valence-electron chi connectivity index (χ0n) is 19.2. The van der Waals surface area contributed by atoms with Crippen molar-refractivity contribution in [2.75, 3.05) is 0 Å². The Hall–Kier alpha value is -4.61. The van der Waals surface area contributed by atoms with Gasteiger partial charge in [-0.1, -0.05) is 0 Å². The molecule has 7 nitrogen and oxygen atoms in total. The third-order valence-corrected chi connectivity index (χ3v) is 5.85. The summed E-state index contributed by atoms with van der Waals surface area (Å²) in [5.74, 6) is -2.49. The van der Waals surface area contributed by atoms with Gasteiger partial charge in [0.15, 0.2) is 22.9 Å². The quantitative estimate of drug-likeness (QED) is 0.292. The molecule has 0 saturated heterocycles. The second kappa shape index (κ2) is 8.80. The van der Waals surface area contributed by atoms with E-state index in [2.05, 4.69) is 19.9 Å². The molecule has 5 aromatic rings. The zero-order valence-corrected chi connectivity index (χ0v) is 19.2. The molecular weight excluding hydrogens is 497 g/mol. The van der Waals surface area contributed by atoms with Crippen LogP contribution in [0.25, 0.3) is 28.0 Å². The fraction of sp³-hybridized carbons (Fsp3) is 0.120. The Kier molecular flexibility index (Phi) is 5.73. The number of halogens is 5. The summed E-state index contributed by atoms with van der Waals surface area (Å²) in [5, 5.41) is 0.181. The number of H-pyrrole nitrogens is 1. The Balaban J connectivity index is 0.00000336. The Bertz CT molecular complexity index is 1720. The Morgan fingerprint density at radius 1 is 1.05 bits per heavy atom. The molecule has 0 fully saturated rings. The number of benzene rings is 1. The predicted octanol–water partition coefficient (Wildman–Crippen LogP) is 6.12. The molecule has 4 heterocycles. The summed E-state index contributed by atoms with van der Waals surface area (Å²) < 4.78 is 76.2. The topological polar surface area (TPSA) is 85.7 Å². The fourth-order valence-electron chi connectivity index (χ4n) is 4.01. The molecule has 0 unspecified atom stereocenters. The first-order valence-electron chi connectivity index (χ1n) is 10.8. The lowest BCUT2D eigenvalue weighted by Crippen LogP contribution is -2.12. The van der Waals surface area contributed by atoms with Gasteiger partial charge >= 0.3 is 6.18 Å². The highest BCUT2D eigenvalue weighted by Gasteiger charge is 2.35. The first-order chi connectivity index (χ1) is 17.6. The molecule has 0 atom stereocenters. The van der Waals surface area contributed by atoms with Crippen LogP contribution in [0.5, 0.6) is 11.6 Å². The number of aromatic amines is 1. The molecule has 1 N–H and O–H groups in total. The summed E-state index contributed by atoms with van der Waals surface area (Å²) in [6.45, 7) is 2.46. The molecule has 0 spiro atoms. The van der Waals surface area contributed by atoms with Gasteiger partial charge in [0.2, 0.25) is 5.88 Å². The van der Waals surface area contributed by atoms with E-state index in [1.807, 2.05) is 0 Å². The van der Waals surface area contributed by atoms with Crippen molar-refractivity contribution in [2.24, 2.45) is 0 Å². The standard InChI is InChI=1S/C25H16F5N5O2.H2/c1-12-14(25(28,29)30)10-33-24(37-19-4-3-15(26)22(27)13(19)2)20(12)17-9-18(36)21-16(34-17)5-6-32-23(21)35-8-7-31-11-35;/h3-11H,1-2H3,(H,34,36);1H. The molecule has 190 valence electrons. The number of rotatable bonds is 4. The van der Waals surface area contributed by atoms with Gasteiger partial charge in [-0.05, 0) is 37.6 Å². The van der Waals surface area contributed by atoms with E-state index in [1.165, 1.54) is 43.2 Å². The van der Waals surface area contributed by atoms with Crippen molar-refractivity contribution in [1.29, 1.82) is 0 Å². The van der Waals surface area contributed by atoms with Gasteiger partial charge < -0.3 is 9.72 Å². The number of aromatic nitrogens is 5. The minimum Gasteiger partial charge on any atom is -0.438 e. The number of fused-ring (bicyclic) bond motifs is 1. The number of alkyl halides is 3. The molecule has 0 bridgehead atoms. The van der Waals surface area contributed by atoms with E-state index >= 15 is 0 Å². The van der Waals surface area contributed by atoms with Crippen molar-refractivity contribution in [3.05, 3.63) is 93.9 Å². The van der Waals surface area contributed by atoms with Crippen LogP contribution in [0.2, 0.25) is 0 Å². The van der Waals surface area contributed by atoms with Gasteiger partial charge in [0.25, 0.3) is 0 Å². The van der Waals surface area contributed by atoms with Crippen molar-refractivity contribution in [1.82, 2.24) is 24.5 Å². The number of hydrogen-bond donors (Lipinski definition) is 1. The van der Waals surface area contributed by atoms with Crippen LogP contribution in [0, 0.1) is 25.5 Å². The van der Waals surface area contributed by atoms with Gasteiger partial charge in [0.05, 0.1) is 27.7 Å². The third kappa shape index (κ3) is 4.20.